The zero-order valence-corrected chi connectivity index (χ0v) is 17.4. The number of rotatable bonds is 2. The molecule has 3 N–H and O–H groups in total. The molecule has 6 heteroatoms. The molecule has 0 aromatic carbocycles. The number of nitrogens with two attached hydrogens (primary N) is 1. The molecular formula is C22H29N3O2S. The highest BCUT2D eigenvalue weighted by Crippen LogP contribution is 2.66. The van der Waals surface area contributed by atoms with Gasteiger partial charge in [0.15, 0.2) is 5.01 Å². The Morgan fingerprint density at radius 1 is 1.21 bits per heavy atom. The van der Waals surface area contributed by atoms with Crippen LogP contribution in [0, 0.1) is 28.6 Å². The molecule has 3 fully saturated rings. The summed E-state index contributed by atoms with van der Waals surface area (Å²) in [4.78, 5) is 28.0. The minimum atomic E-state index is -0.419. The second kappa shape index (κ2) is 6.15. The molecule has 1 aromatic heterocycles. The molecule has 1 aromatic rings. The normalized spacial score (nSPS) is 44.4. The van der Waals surface area contributed by atoms with Crippen LogP contribution in [-0.4, -0.2) is 22.8 Å². The summed E-state index contributed by atoms with van der Waals surface area (Å²) in [7, 11) is 0. The lowest BCUT2D eigenvalue weighted by molar-refractivity contribution is -0.122. The summed E-state index contributed by atoms with van der Waals surface area (Å²) in [6.45, 7) is 4.82. The molecule has 7 atom stereocenters. The van der Waals surface area contributed by atoms with Gasteiger partial charge >= 0.3 is 0 Å². The zero-order valence-electron chi connectivity index (χ0n) is 16.6. The summed E-state index contributed by atoms with van der Waals surface area (Å²) < 4.78 is 0. The summed E-state index contributed by atoms with van der Waals surface area (Å²) in [6, 6.07) is 0.282. The maximum absolute atomic E-state index is 11.9. The van der Waals surface area contributed by atoms with Crippen LogP contribution in [0.25, 0.3) is 0 Å². The fourth-order valence-corrected chi connectivity index (χ4v) is 8.10. The summed E-state index contributed by atoms with van der Waals surface area (Å²) >= 11 is 1.38. The van der Waals surface area contributed by atoms with Gasteiger partial charge in [-0.3, -0.25) is 9.59 Å². The fourth-order valence-electron chi connectivity index (χ4n) is 7.38. The number of fused-ring (bicyclic) bond motifs is 5. The average Bonchev–Trinajstić information content (AvgIpc) is 3.26. The van der Waals surface area contributed by atoms with Crippen molar-refractivity contribution in [3.05, 3.63) is 28.2 Å². The monoisotopic (exact) mass is 399 g/mol. The van der Waals surface area contributed by atoms with E-state index in [1.165, 1.54) is 37.0 Å². The van der Waals surface area contributed by atoms with E-state index >= 15 is 0 Å². The van der Waals surface area contributed by atoms with E-state index in [9.17, 15) is 9.59 Å². The van der Waals surface area contributed by atoms with Crippen molar-refractivity contribution in [2.24, 2.45) is 34.3 Å². The lowest BCUT2D eigenvalue weighted by Crippen LogP contribution is -2.59. The third kappa shape index (κ3) is 2.46. The van der Waals surface area contributed by atoms with Gasteiger partial charge in [-0.2, -0.15) is 0 Å². The summed E-state index contributed by atoms with van der Waals surface area (Å²) in [5, 5.41) is 5.73. The fraction of sp³-hybridized carbons (Fsp3) is 0.682. The van der Waals surface area contributed by atoms with Gasteiger partial charge in [0.1, 0.15) is 0 Å². The first-order valence-electron chi connectivity index (χ1n) is 10.6. The van der Waals surface area contributed by atoms with Gasteiger partial charge < -0.3 is 11.1 Å². The van der Waals surface area contributed by atoms with Crippen molar-refractivity contribution >= 4 is 23.2 Å². The SMILES string of the molecule is C[C@]12C=CC(=O)NC1CC[C@@H]1[C@H]2CC[C@]2(C)C(c3csc(C(N)=O)n3)CC[C@@H]12. The van der Waals surface area contributed by atoms with Crippen LogP contribution in [-0.2, 0) is 4.79 Å². The van der Waals surface area contributed by atoms with Crippen LogP contribution >= 0.6 is 11.3 Å². The van der Waals surface area contributed by atoms with Gasteiger partial charge in [-0.25, -0.2) is 4.98 Å². The Bertz CT molecular complexity index is 864. The molecule has 2 amide bonds. The van der Waals surface area contributed by atoms with Gasteiger partial charge in [-0.15, -0.1) is 11.3 Å². The third-order valence-electron chi connectivity index (χ3n) is 8.78. The first kappa shape index (κ1) is 18.3. The number of carbonyl (C=O) groups is 2. The molecule has 4 aliphatic rings. The lowest BCUT2D eigenvalue weighted by Gasteiger charge is -2.58. The largest absolute Gasteiger partial charge is 0.364 e. The molecule has 0 bridgehead atoms. The molecule has 0 spiro atoms. The second-order valence-electron chi connectivity index (χ2n) is 9.83. The summed E-state index contributed by atoms with van der Waals surface area (Å²) in [5.74, 6) is 2.11. The van der Waals surface area contributed by atoms with Gasteiger partial charge in [-0.1, -0.05) is 19.9 Å². The molecule has 28 heavy (non-hydrogen) atoms. The number of hydrogen-bond acceptors (Lipinski definition) is 4. The molecule has 3 saturated carbocycles. The molecule has 1 aliphatic heterocycles. The Morgan fingerprint density at radius 3 is 2.79 bits per heavy atom. The third-order valence-corrected chi connectivity index (χ3v) is 9.65. The minimum absolute atomic E-state index is 0.0660. The summed E-state index contributed by atoms with van der Waals surface area (Å²) in [5.41, 5.74) is 6.84. The molecule has 0 saturated heterocycles. The van der Waals surface area contributed by atoms with Crippen molar-refractivity contribution in [3.63, 3.8) is 0 Å². The van der Waals surface area contributed by atoms with Gasteiger partial charge in [-0.05, 0) is 67.8 Å². The first-order valence-corrected chi connectivity index (χ1v) is 11.5. The standard InChI is InChI=1S/C22H29N3O2S/c1-21-9-7-14-12(3-6-17-22(14,2)10-8-18(26)25-17)13(21)4-5-15(21)16-11-28-20(24-16)19(23)27/h8,10-15,17H,3-7,9H2,1-2H3,(H2,23,27)(H,25,26)/t12-,13-,14+,15?,17?,21-,22+/m0/s1. The maximum atomic E-state index is 11.9. The topological polar surface area (TPSA) is 85.1 Å². The van der Waals surface area contributed by atoms with Gasteiger partial charge in [0, 0.05) is 22.8 Å². The van der Waals surface area contributed by atoms with E-state index in [0.717, 1.165) is 18.5 Å². The number of carbonyl (C=O) groups excluding carboxylic acids is 2. The molecular weight excluding hydrogens is 370 g/mol. The molecule has 5 rings (SSSR count). The number of hydrogen-bond donors (Lipinski definition) is 2. The Hall–Kier alpha value is -1.69. The predicted octanol–water partition coefficient (Wildman–Crippen LogP) is 3.62. The van der Waals surface area contributed by atoms with E-state index in [1.807, 2.05) is 0 Å². The Balaban J connectivity index is 1.44. The van der Waals surface area contributed by atoms with Crippen molar-refractivity contribution in [1.82, 2.24) is 10.3 Å². The second-order valence-corrected chi connectivity index (χ2v) is 10.7. The van der Waals surface area contributed by atoms with Crippen LogP contribution < -0.4 is 11.1 Å². The average molecular weight is 400 g/mol. The number of primary amides is 1. The van der Waals surface area contributed by atoms with Crippen LogP contribution in [0.5, 0.6) is 0 Å². The molecule has 5 nitrogen and oxygen atoms in total. The first-order chi connectivity index (χ1) is 13.3. The van der Waals surface area contributed by atoms with Gasteiger partial charge in [0.25, 0.3) is 5.91 Å². The number of nitrogens with one attached hydrogen (secondary N) is 1. The van der Waals surface area contributed by atoms with Crippen LogP contribution in [0.1, 0.15) is 73.8 Å². The summed E-state index contributed by atoms with van der Waals surface area (Å²) in [6.07, 6.45) is 11.0. The van der Waals surface area contributed by atoms with E-state index < -0.39 is 5.91 Å². The van der Waals surface area contributed by atoms with E-state index in [-0.39, 0.29) is 22.8 Å². The number of aromatic nitrogens is 1. The Kier molecular flexibility index (Phi) is 4.03. The van der Waals surface area contributed by atoms with E-state index in [2.05, 4.69) is 35.6 Å². The van der Waals surface area contributed by atoms with Crippen molar-refractivity contribution in [2.75, 3.05) is 0 Å². The van der Waals surface area contributed by atoms with Gasteiger partial charge in [0.2, 0.25) is 5.91 Å². The maximum Gasteiger partial charge on any atom is 0.277 e. The van der Waals surface area contributed by atoms with E-state index in [1.54, 1.807) is 6.08 Å². The number of thiazole rings is 1. The molecule has 2 heterocycles. The highest BCUT2D eigenvalue weighted by molar-refractivity contribution is 7.11. The van der Waals surface area contributed by atoms with Crippen molar-refractivity contribution in [3.8, 4) is 0 Å². The molecule has 3 aliphatic carbocycles. The highest BCUT2D eigenvalue weighted by Gasteiger charge is 2.60. The van der Waals surface area contributed by atoms with Crippen molar-refractivity contribution in [1.29, 1.82) is 0 Å². The Labute approximate surface area is 170 Å². The quantitative estimate of drug-likeness (QED) is 0.796. The van der Waals surface area contributed by atoms with Crippen LogP contribution in [0.4, 0.5) is 0 Å². The molecule has 0 radical (unpaired) electrons. The van der Waals surface area contributed by atoms with Crippen molar-refractivity contribution in [2.45, 2.75) is 64.3 Å². The lowest BCUT2D eigenvalue weighted by atomic mass is 9.48. The highest BCUT2D eigenvalue weighted by atomic mass is 32.1. The van der Waals surface area contributed by atoms with E-state index in [0.29, 0.717) is 28.7 Å². The predicted molar refractivity (Wildman–Crippen MR) is 109 cm³/mol. The molecule has 150 valence electrons. The zero-order chi connectivity index (χ0) is 19.7. The van der Waals surface area contributed by atoms with Crippen LogP contribution in [0.2, 0.25) is 0 Å². The van der Waals surface area contributed by atoms with Crippen LogP contribution in [0.15, 0.2) is 17.5 Å². The molecule has 2 unspecified atom stereocenters. The number of nitrogens with zero attached hydrogens (tertiary/aromatic N) is 1. The minimum Gasteiger partial charge on any atom is -0.364 e. The smallest absolute Gasteiger partial charge is 0.277 e. The van der Waals surface area contributed by atoms with Crippen molar-refractivity contribution < 1.29 is 9.59 Å². The van der Waals surface area contributed by atoms with E-state index in [4.69, 9.17) is 5.73 Å². The Morgan fingerprint density at radius 2 is 2.04 bits per heavy atom. The van der Waals surface area contributed by atoms with Gasteiger partial charge in [0.05, 0.1) is 5.69 Å². The van der Waals surface area contributed by atoms with Crippen LogP contribution in [0.3, 0.4) is 0 Å². The number of amides is 2.